The van der Waals surface area contributed by atoms with Gasteiger partial charge in [-0.3, -0.25) is 0 Å². The van der Waals surface area contributed by atoms with Crippen molar-refractivity contribution in [3.8, 4) is 0 Å². The predicted octanol–water partition coefficient (Wildman–Crippen LogP) is 1.35. The SMILES string of the molecule is O=C([O-])CCCSSc1ccccn1. The molecular formula is C9H10NO2S2-. The quantitative estimate of drug-likeness (QED) is 0.543. The van der Waals surface area contributed by atoms with Gasteiger partial charge in [-0.25, -0.2) is 4.98 Å². The molecule has 1 aromatic heterocycles. The zero-order valence-corrected chi connectivity index (χ0v) is 9.14. The Morgan fingerprint density at radius 3 is 3.00 bits per heavy atom. The Morgan fingerprint density at radius 1 is 1.50 bits per heavy atom. The first-order valence-electron chi connectivity index (χ1n) is 4.19. The Hall–Kier alpha value is -0.680. The van der Waals surface area contributed by atoms with E-state index in [-0.39, 0.29) is 6.42 Å². The minimum atomic E-state index is -0.978. The normalized spacial score (nSPS) is 10.0. The molecule has 0 aliphatic rings. The van der Waals surface area contributed by atoms with E-state index in [2.05, 4.69) is 4.98 Å². The molecule has 0 bridgehead atoms. The molecule has 0 unspecified atom stereocenters. The lowest BCUT2D eigenvalue weighted by Crippen LogP contribution is -2.21. The van der Waals surface area contributed by atoms with Crippen molar-refractivity contribution in [2.45, 2.75) is 17.9 Å². The van der Waals surface area contributed by atoms with Gasteiger partial charge in [-0.05, 0) is 35.8 Å². The minimum Gasteiger partial charge on any atom is -0.550 e. The second kappa shape index (κ2) is 6.73. The molecule has 0 aliphatic heterocycles. The van der Waals surface area contributed by atoms with Crippen molar-refractivity contribution >= 4 is 27.6 Å². The first-order chi connectivity index (χ1) is 6.79. The highest BCUT2D eigenvalue weighted by Crippen LogP contribution is 2.29. The van der Waals surface area contributed by atoms with Crippen LogP contribution >= 0.6 is 21.6 Å². The summed E-state index contributed by atoms with van der Waals surface area (Å²) in [6.07, 6.45) is 2.52. The standard InChI is InChI=1S/C9H11NO2S2/c11-9(12)5-3-7-13-14-8-4-1-2-6-10-8/h1-2,4,6H,3,5,7H2,(H,11,12)/p-1. The minimum absolute atomic E-state index is 0.135. The lowest BCUT2D eigenvalue weighted by molar-refractivity contribution is -0.305. The lowest BCUT2D eigenvalue weighted by atomic mass is 10.3. The van der Waals surface area contributed by atoms with E-state index in [4.69, 9.17) is 0 Å². The van der Waals surface area contributed by atoms with Crippen LogP contribution in [0.25, 0.3) is 0 Å². The van der Waals surface area contributed by atoms with Crippen molar-refractivity contribution in [3.63, 3.8) is 0 Å². The van der Waals surface area contributed by atoms with Crippen LogP contribution < -0.4 is 5.11 Å². The topological polar surface area (TPSA) is 53.0 Å². The third-order valence-electron chi connectivity index (χ3n) is 1.39. The first-order valence-corrected chi connectivity index (χ1v) is 6.51. The molecule has 0 radical (unpaired) electrons. The summed E-state index contributed by atoms with van der Waals surface area (Å²) in [6, 6.07) is 5.72. The Kier molecular flexibility index (Phi) is 5.47. The van der Waals surface area contributed by atoms with Crippen LogP contribution in [0.1, 0.15) is 12.8 Å². The summed E-state index contributed by atoms with van der Waals surface area (Å²) in [4.78, 5) is 14.2. The van der Waals surface area contributed by atoms with E-state index < -0.39 is 5.97 Å². The maximum absolute atomic E-state index is 10.1. The van der Waals surface area contributed by atoms with Gasteiger partial charge in [0.05, 0.1) is 0 Å². The number of aromatic nitrogens is 1. The Bertz CT molecular complexity index is 279. The predicted molar refractivity (Wildman–Crippen MR) is 56.8 cm³/mol. The van der Waals surface area contributed by atoms with Crippen LogP contribution in [0.3, 0.4) is 0 Å². The molecule has 0 fully saturated rings. The van der Waals surface area contributed by atoms with Crippen LogP contribution in [0.4, 0.5) is 0 Å². The Morgan fingerprint density at radius 2 is 2.36 bits per heavy atom. The number of hydrogen-bond acceptors (Lipinski definition) is 5. The monoisotopic (exact) mass is 228 g/mol. The van der Waals surface area contributed by atoms with Gasteiger partial charge >= 0.3 is 0 Å². The molecule has 14 heavy (non-hydrogen) atoms. The van der Waals surface area contributed by atoms with Crippen molar-refractivity contribution < 1.29 is 9.90 Å². The van der Waals surface area contributed by atoms with Crippen LogP contribution in [0.2, 0.25) is 0 Å². The summed E-state index contributed by atoms with van der Waals surface area (Å²) in [5.41, 5.74) is 0. The number of hydrogen-bond donors (Lipinski definition) is 0. The molecule has 1 aromatic rings. The number of pyridine rings is 1. The molecule has 0 N–H and O–H groups in total. The van der Waals surface area contributed by atoms with Crippen LogP contribution in [0, 0.1) is 0 Å². The summed E-state index contributed by atoms with van der Waals surface area (Å²) in [6.45, 7) is 0. The molecule has 3 nitrogen and oxygen atoms in total. The number of rotatable bonds is 6. The highest BCUT2D eigenvalue weighted by Gasteiger charge is 1.94. The second-order valence-corrected chi connectivity index (χ2v) is 4.98. The average molecular weight is 228 g/mol. The summed E-state index contributed by atoms with van der Waals surface area (Å²) in [5, 5.41) is 11.0. The summed E-state index contributed by atoms with van der Waals surface area (Å²) >= 11 is 0. The zero-order valence-electron chi connectivity index (χ0n) is 7.51. The number of aliphatic carboxylic acids is 1. The van der Waals surface area contributed by atoms with Gasteiger partial charge < -0.3 is 9.90 Å². The fourth-order valence-corrected chi connectivity index (χ4v) is 2.74. The van der Waals surface area contributed by atoms with E-state index in [1.807, 2.05) is 18.2 Å². The average Bonchev–Trinajstić information content (AvgIpc) is 2.18. The van der Waals surface area contributed by atoms with Gasteiger partial charge in [0.2, 0.25) is 0 Å². The molecule has 0 saturated carbocycles. The maximum atomic E-state index is 10.1. The third kappa shape index (κ3) is 5.14. The van der Waals surface area contributed by atoms with Gasteiger partial charge in [-0.1, -0.05) is 16.9 Å². The molecule has 0 aromatic carbocycles. The van der Waals surface area contributed by atoms with Crippen molar-refractivity contribution in [2.24, 2.45) is 0 Å². The van der Waals surface area contributed by atoms with Gasteiger partial charge in [0, 0.05) is 17.9 Å². The number of carboxylic acid groups (broad SMARTS) is 1. The van der Waals surface area contributed by atoms with Crippen molar-refractivity contribution in [2.75, 3.05) is 5.75 Å². The summed E-state index contributed by atoms with van der Waals surface area (Å²) < 4.78 is 0. The van der Waals surface area contributed by atoms with Crippen LogP contribution in [0.5, 0.6) is 0 Å². The van der Waals surface area contributed by atoms with Gasteiger partial charge in [-0.15, -0.1) is 0 Å². The molecule has 76 valence electrons. The van der Waals surface area contributed by atoms with Crippen LogP contribution in [-0.2, 0) is 4.79 Å². The van der Waals surface area contributed by atoms with Gasteiger partial charge in [0.15, 0.2) is 0 Å². The Labute approximate surface area is 90.7 Å². The van der Waals surface area contributed by atoms with E-state index in [1.165, 1.54) is 0 Å². The molecule has 0 amide bonds. The van der Waals surface area contributed by atoms with E-state index in [0.717, 1.165) is 10.8 Å². The Balaban J connectivity index is 2.08. The van der Waals surface area contributed by atoms with E-state index in [0.29, 0.717) is 6.42 Å². The third-order valence-corrected chi connectivity index (χ3v) is 3.74. The number of carbonyl (C=O) groups excluding carboxylic acids is 1. The number of carbonyl (C=O) groups is 1. The fraction of sp³-hybridized carbons (Fsp3) is 0.333. The molecule has 1 rings (SSSR count). The number of nitrogens with zero attached hydrogens (tertiary/aromatic N) is 1. The van der Waals surface area contributed by atoms with Crippen LogP contribution in [-0.4, -0.2) is 16.7 Å². The fourth-order valence-electron chi connectivity index (χ4n) is 0.774. The second-order valence-electron chi connectivity index (χ2n) is 2.55. The van der Waals surface area contributed by atoms with Crippen molar-refractivity contribution in [1.82, 2.24) is 4.98 Å². The maximum Gasteiger partial charge on any atom is 0.106 e. The van der Waals surface area contributed by atoms with E-state index in [1.54, 1.807) is 27.8 Å². The molecule has 0 aliphatic carbocycles. The lowest BCUT2D eigenvalue weighted by Gasteiger charge is -2.01. The highest BCUT2D eigenvalue weighted by molar-refractivity contribution is 8.76. The van der Waals surface area contributed by atoms with Gasteiger partial charge in [-0.2, -0.15) is 0 Å². The highest BCUT2D eigenvalue weighted by atomic mass is 33.1. The molecule has 0 spiro atoms. The first kappa shape index (κ1) is 11.4. The van der Waals surface area contributed by atoms with Gasteiger partial charge in [0.1, 0.15) is 5.03 Å². The summed E-state index contributed by atoms with van der Waals surface area (Å²) in [5.74, 6) is -0.177. The zero-order chi connectivity index (χ0) is 10.2. The smallest absolute Gasteiger partial charge is 0.106 e. The molecular weight excluding hydrogens is 218 g/mol. The number of carboxylic acids is 1. The molecule has 1 heterocycles. The molecule has 0 saturated heterocycles. The molecule has 5 heteroatoms. The van der Waals surface area contributed by atoms with Crippen LogP contribution in [0.15, 0.2) is 29.4 Å². The van der Waals surface area contributed by atoms with E-state index >= 15 is 0 Å². The molecule has 0 atom stereocenters. The van der Waals surface area contributed by atoms with Crippen molar-refractivity contribution in [3.05, 3.63) is 24.4 Å². The largest absolute Gasteiger partial charge is 0.550 e. The summed E-state index contributed by atoms with van der Waals surface area (Å²) in [7, 11) is 3.18. The van der Waals surface area contributed by atoms with Gasteiger partial charge in [0.25, 0.3) is 0 Å². The van der Waals surface area contributed by atoms with E-state index in [9.17, 15) is 9.90 Å². The van der Waals surface area contributed by atoms with Crippen molar-refractivity contribution in [1.29, 1.82) is 0 Å².